The second-order valence-corrected chi connectivity index (χ2v) is 4.92. The molecule has 0 bridgehead atoms. The van der Waals surface area contributed by atoms with Gasteiger partial charge in [0.25, 0.3) is 0 Å². The molecule has 0 saturated carbocycles. The van der Waals surface area contributed by atoms with Gasteiger partial charge in [0.1, 0.15) is 0 Å². The monoisotopic (exact) mass is 301 g/mol. The maximum absolute atomic E-state index is 10.0. The maximum atomic E-state index is 10.0. The highest BCUT2D eigenvalue weighted by molar-refractivity contribution is 14.1. The van der Waals surface area contributed by atoms with Gasteiger partial charge < -0.3 is 5.11 Å². The number of halogens is 1. The zero-order chi connectivity index (χ0) is 10.8. The van der Waals surface area contributed by atoms with Gasteiger partial charge in [-0.3, -0.25) is 0 Å². The van der Waals surface area contributed by atoms with Gasteiger partial charge in [0, 0.05) is 3.57 Å². The van der Waals surface area contributed by atoms with Crippen molar-refractivity contribution in [3.8, 4) is 6.07 Å². The number of hydrogen-bond acceptors (Lipinski definition) is 2. The highest BCUT2D eigenvalue weighted by atomic mass is 127. The summed E-state index contributed by atoms with van der Waals surface area (Å²) in [6.07, 6.45) is -0.736. The number of aliphatic hydroxyl groups excluding tert-OH is 1. The minimum absolute atomic E-state index is 0.736. The van der Waals surface area contributed by atoms with Crippen molar-refractivity contribution in [2.24, 2.45) is 5.41 Å². The van der Waals surface area contributed by atoms with Gasteiger partial charge in [-0.25, -0.2) is 0 Å². The molecule has 0 aliphatic carbocycles. The van der Waals surface area contributed by atoms with Gasteiger partial charge in [-0.15, -0.1) is 0 Å². The molecule has 0 heterocycles. The maximum Gasteiger partial charge on any atom is 0.0981 e. The second kappa shape index (κ2) is 4.28. The Hall–Kier alpha value is -0.600. The van der Waals surface area contributed by atoms with Gasteiger partial charge in [0.05, 0.1) is 17.6 Å². The lowest BCUT2D eigenvalue weighted by atomic mass is 9.84. The Bertz CT molecular complexity index is 368. The van der Waals surface area contributed by atoms with Crippen LogP contribution in [0.2, 0.25) is 0 Å². The first-order valence-electron chi connectivity index (χ1n) is 4.33. The van der Waals surface area contributed by atoms with Gasteiger partial charge >= 0.3 is 0 Å². The van der Waals surface area contributed by atoms with E-state index >= 15 is 0 Å². The molecule has 1 aromatic rings. The van der Waals surface area contributed by atoms with Gasteiger partial charge in [0.2, 0.25) is 0 Å². The molecule has 0 fully saturated rings. The fourth-order valence-electron chi connectivity index (χ4n) is 1.15. The van der Waals surface area contributed by atoms with Crippen LogP contribution >= 0.6 is 22.6 Å². The zero-order valence-corrected chi connectivity index (χ0v) is 10.3. The van der Waals surface area contributed by atoms with Crippen molar-refractivity contribution in [1.29, 1.82) is 5.26 Å². The minimum atomic E-state index is -0.749. The van der Waals surface area contributed by atoms with Crippen LogP contribution in [0.4, 0.5) is 0 Å². The molecule has 0 aliphatic rings. The van der Waals surface area contributed by atoms with Gasteiger partial charge in [0.15, 0.2) is 0 Å². The zero-order valence-electron chi connectivity index (χ0n) is 8.16. The summed E-state index contributed by atoms with van der Waals surface area (Å²) in [6.45, 7) is 3.47. The van der Waals surface area contributed by atoms with E-state index in [1.807, 2.05) is 24.3 Å². The van der Waals surface area contributed by atoms with Crippen LogP contribution in [0.3, 0.4) is 0 Å². The number of hydrogen-bond donors (Lipinski definition) is 1. The first-order chi connectivity index (χ1) is 6.49. The van der Waals surface area contributed by atoms with Crippen molar-refractivity contribution in [2.75, 3.05) is 0 Å². The van der Waals surface area contributed by atoms with Crippen LogP contribution in [0.25, 0.3) is 0 Å². The number of rotatable bonds is 2. The summed E-state index contributed by atoms with van der Waals surface area (Å²) in [5.74, 6) is 0. The Labute approximate surface area is 97.7 Å². The van der Waals surface area contributed by atoms with Crippen molar-refractivity contribution in [3.05, 3.63) is 33.4 Å². The third-order valence-electron chi connectivity index (χ3n) is 2.17. The summed E-state index contributed by atoms with van der Waals surface area (Å²) in [7, 11) is 0. The van der Waals surface area contributed by atoms with Crippen LogP contribution in [-0.2, 0) is 0 Å². The molecule has 1 rings (SSSR count). The molecule has 1 atom stereocenters. The van der Waals surface area contributed by atoms with E-state index in [9.17, 15) is 5.11 Å². The average molecular weight is 301 g/mol. The lowest BCUT2D eigenvalue weighted by Crippen LogP contribution is -2.20. The Morgan fingerprint density at radius 3 is 2.50 bits per heavy atom. The standard InChI is InChI=1S/C11H12INO/c1-11(2,7-13)10(14)8-5-3-4-6-9(8)12/h3-6,10,14H,1-2H3. The Morgan fingerprint density at radius 1 is 1.43 bits per heavy atom. The van der Waals surface area contributed by atoms with Gasteiger partial charge in [-0.1, -0.05) is 18.2 Å². The van der Waals surface area contributed by atoms with E-state index in [0.29, 0.717) is 0 Å². The lowest BCUT2D eigenvalue weighted by molar-refractivity contribution is 0.0860. The Morgan fingerprint density at radius 2 is 2.00 bits per heavy atom. The van der Waals surface area contributed by atoms with Crippen molar-refractivity contribution >= 4 is 22.6 Å². The minimum Gasteiger partial charge on any atom is -0.387 e. The van der Waals surface area contributed by atoms with Crippen LogP contribution in [0.5, 0.6) is 0 Å². The molecule has 3 heteroatoms. The fourth-order valence-corrected chi connectivity index (χ4v) is 1.83. The highest BCUT2D eigenvalue weighted by Crippen LogP contribution is 2.34. The third-order valence-corrected chi connectivity index (χ3v) is 3.15. The Balaban J connectivity index is 3.08. The van der Waals surface area contributed by atoms with E-state index in [4.69, 9.17) is 5.26 Å². The summed E-state index contributed by atoms with van der Waals surface area (Å²) in [5, 5.41) is 18.9. The predicted molar refractivity (Wildman–Crippen MR) is 63.5 cm³/mol. The summed E-state index contributed by atoms with van der Waals surface area (Å²) in [4.78, 5) is 0. The quantitative estimate of drug-likeness (QED) is 0.854. The largest absolute Gasteiger partial charge is 0.387 e. The SMILES string of the molecule is CC(C)(C#N)C(O)c1ccccc1I. The average Bonchev–Trinajstić information content (AvgIpc) is 2.17. The molecule has 0 radical (unpaired) electrons. The number of nitriles is 1. The molecular weight excluding hydrogens is 289 g/mol. The van der Waals surface area contributed by atoms with Crippen molar-refractivity contribution in [3.63, 3.8) is 0 Å². The van der Waals surface area contributed by atoms with Crippen molar-refractivity contribution < 1.29 is 5.11 Å². The molecule has 14 heavy (non-hydrogen) atoms. The normalized spacial score (nSPS) is 13.4. The van der Waals surface area contributed by atoms with E-state index in [-0.39, 0.29) is 0 Å². The first-order valence-corrected chi connectivity index (χ1v) is 5.40. The Kier molecular flexibility index (Phi) is 3.51. The first kappa shape index (κ1) is 11.5. The molecule has 0 spiro atoms. The molecule has 0 aliphatic heterocycles. The van der Waals surface area contributed by atoms with Crippen LogP contribution < -0.4 is 0 Å². The van der Waals surface area contributed by atoms with Crippen LogP contribution in [0.15, 0.2) is 24.3 Å². The topological polar surface area (TPSA) is 44.0 Å². The van der Waals surface area contributed by atoms with E-state index in [1.165, 1.54) is 0 Å². The van der Waals surface area contributed by atoms with Crippen molar-refractivity contribution in [2.45, 2.75) is 20.0 Å². The molecule has 2 nitrogen and oxygen atoms in total. The molecular formula is C11H12INO. The fraction of sp³-hybridized carbons (Fsp3) is 0.364. The summed E-state index contributed by atoms with van der Waals surface area (Å²) < 4.78 is 0.987. The summed E-state index contributed by atoms with van der Waals surface area (Å²) in [5.41, 5.74) is 0.0704. The highest BCUT2D eigenvalue weighted by Gasteiger charge is 2.29. The molecule has 0 aromatic heterocycles. The number of benzene rings is 1. The molecule has 0 amide bonds. The van der Waals surface area contributed by atoms with E-state index in [2.05, 4.69) is 28.7 Å². The lowest BCUT2D eigenvalue weighted by Gasteiger charge is -2.24. The van der Waals surface area contributed by atoms with Gasteiger partial charge in [-0.05, 0) is 48.1 Å². The van der Waals surface area contributed by atoms with Crippen LogP contribution in [0.1, 0.15) is 25.5 Å². The molecule has 1 N–H and O–H groups in total. The summed E-state index contributed by atoms with van der Waals surface area (Å²) in [6, 6.07) is 9.67. The molecule has 0 saturated heterocycles. The summed E-state index contributed by atoms with van der Waals surface area (Å²) >= 11 is 2.16. The van der Waals surface area contributed by atoms with Crippen LogP contribution in [0, 0.1) is 20.3 Å². The van der Waals surface area contributed by atoms with Gasteiger partial charge in [-0.2, -0.15) is 5.26 Å². The van der Waals surface area contributed by atoms with E-state index in [0.717, 1.165) is 9.13 Å². The smallest absolute Gasteiger partial charge is 0.0981 e. The second-order valence-electron chi connectivity index (χ2n) is 3.76. The predicted octanol–water partition coefficient (Wildman–Crippen LogP) is 2.87. The van der Waals surface area contributed by atoms with E-state index < -0.39 is 11.5 Å². The molecule has 1 unspecified atom stereocenters. The van der Waals surface area contributed by atoms with Crippen molar-refractivity contribution in [1.82, 2.24) is 0 Å². The third kappa shape index (κ3) is 2.25. The van der Waals surface area contributed by atoms with Crippen LogP contribution in [-0.4, -0.2) is 5.11 Å². The molecule has 74 valence electrons. The molecule has 1 aromatic carbocycles. The van der Waals surface area contributed by atoms with E-state index in [1.54, 1.807) is 13.8 Å². The number of nitrogens with zero attached hydrogens (tertiary/aromatic N) is 1. The number of aliphatic hydroxyl groups is 1.